The Morgan fingerprint density at radius 2 is 1.90 bits per heavy atom. The monoisotopic (exact) mass is 304 g/mol. The number of hydrogen-bond acceptors (Lipinski definition) is 5. The van der Waals surface area contributed by atoms with Gasteiger partial charge in [-0.15, -0.1) is 11.8 Å². The summed E-state index contributed by atoms with van der Waals surface area (Å²) in [5.74, 6) is 1.52. The second kappa shape index (κ2) is 7.90. The number of nitrogens with zero attached hydrogens (tertiary/aromatic N) is 1. The van der Waals surface area contributed by atoms with Crippen LogP contribution in [-0.2, 0) is 13.1 Å². The highest BCUT2D eigenvalue weighted by molar-refractivity contribution is 7.98. The molecular weight excluding hydrogens is 284 g/mol. The minimum absolute atomic E-state index is 0.758. The second-order valence-corrected chi connectivity index (χ2v) is 5.33. The van der Waals surface area contributed by atoms with E-state index in [4.69, 9.17) is 9.47 Å². The second-order valence-electron chi connectivity index (χ2n) is 4.48. The van der Waals surface area contributed by atoms with Gasteiger partial charge >= 0.3 is 0 Å². The van der Waals surface area contributed by atoms with Crippen LogP contribution in [0.4, 0.5) is 0 Å². The number of nitrogens with one attached hydrogen (secondary N) is 1. The molecule has 112 valence electrons. The number of hydrogen-bond donors (Lipinski definition) is 1. The maximum atomic E-state index is 5.37. The van der Waals surface area contributed by atoms with Gasteiger partial charge in [0.2, 0.25) is 0 Å². The van der Waals surface area contributed by atoms with Crippen LogP contribution in [0.3, 0.4) is 0 Å². The summed E-state index contributed by atoms with van der Waals surface area (Å²) in [6.45, 7) is 1.56. The Balaban J connectivity index is 2.08. The number of aromatic nitrogens is 1. The Labute approximate surface area is 129 Å². The minimum Gasteiger partial charge on any atom is -0.493 e. The predicted octanol–water partition coefficient (Wildman–Crippen LogP) is 3.11. The van der Waals surface area contributed by atoms with Crippen LogP contribution >= 0.6 is 11.8 Å². The van der Waals surface area contributed by atoms with Gasteiger partial charge in [-0.05, 0) is 35.6 Å². The lowest BCUT2D eigenvalue weighted by atomic mass is 10.2. The third-order valence-corrected chi connectivity index (χ3v) is 3.97. The molecule has 0 saturated carbocycles. The highest BCUT2D eigenvalue weighted by Gasteiger charge is 2.10. The molecule has 0 fully saturated rings. The number of benzene rings is 1. The smallest absolute Gasteiger partial charge is 0.161 e. The summed E-state index contributed by atoms with van der Waals surface area (Å²) in [4.78, 5) is 5.30. The maximum Gasteiger partial charge on any atom is 0.161 e. The zero-order valence-electron chi connectivity index (χ0n) is 12.6. The quantitative estimate of drug-likeness (QED) is 0.796. The van der Waals surface area contributed by atoms with Crippen molar-refractivity contribution in [2.24, 2.45) is 0 Å². The standard InChI is InChI=1S/C16H20N2O2S/c1-19-14-7-13(16(21-3)8-15(14)20-2)11-18-10-12-5-4-6-17-9-12/h4-9,18H,10-11H2,1-3H3. The van der Waals surface area contributed by atoms with Gasteiger partial charge in [-0.25, -0.2) is 0 Å². The fourth-order valence-corrected chi connectivity index (χ4v) is 2.69. The maximum absolute atomic E-state index is 5.37. The summed E-state index contributed by atoms with van der Waals surface area (Å²) in [6.07, 6.45) is 5.71. The lowest BCUT2D eigenvalue weighted by Crippen LogP contribution is -2.13. The average Bonchev–Trinajstić information content (AvgIpc) is 2.55. The summed E-state index contributed by atoms with van der Waals surface area (Å²) < 4.78 is 10.7. The van der Waals surface area contributed by atoms with E-state index in [0.717, 1.165) is 24.6 Å². The van der Waals surface area contributed by atoms with Gasteiger partial charge in [-0.1, -0.05) is 6.07 Å². The van der Waals surface area contributed by atoms with E-state index in [2.05, 4.69) is 22.6 Å². The zero-order chi connectivity index (χ0) is 15.1. The molecule has 5 heteroatoms. The Hall–Kier alpha value is -1.72. The lowest BCUT2D eigenvalue weighted by molar-refractivity contribution is 0.353. The van der Waals surface area contributed by atoms with E-state index < -0.39 is 0 Å². The number of rotatable bonds is 7. The van der Waals surface area contributed by atoms with Crippen molar-refractivity contribution < 1.29 is 9.47 Å². The van der Waals surface area contributed by atoms with Crippen LogP contribution in [0.15, 0.2) is 41.6 Å². The molecule has 1 aromatic carbocycles. The van der Waals surface area contributed by atoms with Crippen molar-refractivity contribution in [1.82, 2.24) is 10.3 Å². The van der Waals surface area contributed by atoms with Crippen molar-refractivity contribution in [3.8, 4) is 11.5 Å². The Bertz CT molecular complexity index is 576. The van der Waals surface area contributed by atoms with E-state index in [1.54, 1.807) is 32.2 Å². The molecule has 0 aliphatic heterocycles. The topological polar surface area (TPSA) is 43.4 Å². The fraction of sp³-hybridized carbons (Fsp3) is 0.312. The van der Waals surface area contributed by atoms with E-state index in [1.165, 1.54) is 16.0 Å². The SMILES string of the molecule is COc1cc(CNCc2cccnc2)c(SC)cc1OC. The highest BCUT2D eigenvalue weighted by Crippen LogP contribution is 2.34. The molecule has 0 spiro atoms. The minimum atomic E-state index is 0.758. The molecule has 21 heavy (non-hydrogen) atoms. The van der Waals surface area contributed by atoms with Gasteiger partial charge < -0.3 is 14.8 Å². The fourth-order valence-electron chi connectivity index (χ4n) is 2.07. The zero-order valence-corrected chi connectivity index (χ0v) is 13.4. The molecule has 1 aromatic heterocycles. The van der Waals surface area contributed by atoms with Crippen LogP contribution in [0.1, 0.15) is 11.1 Å². The van der Waals surface area contributed by atoms with Crippen molar-refractivity contribution in [3.63, 3.8) is 0 Å². The summed E-state index contributed by atoms with van der Waals surface area (Å²) >= 11 is 1.70. The molecule has 4 nitrogen and oxygen atoms in total. The number of thioether (sulfide) groups is 1. The first kappa shape index (κ1) is 15.7. The van der Waals surface area contributed by atoms with Gasteiger partial charge in [0.05, 0.1) is 14.2 Å². The molecule has 1 heterocycles. The summed E-state index contributed by atoms with van der Waals surface area (Å²) in [6, 6.07) is 8.05. The van der Waals surface area contributed by atoms with E-state index in [1.807, 2.05) is 24.4 Å². The van der Waals surface area contributed by atoms with Crippen LogP contribution in [0.25, 0.3) is 0 Å². The first-order valence-electron chi connectivity index (χ1n) is 6.67. The van der Waals surface area contributed by atoms with Crippen molar-refractivity contribution in [1.29, 1.82) is 0 Å². The third-order valence-electron chi connectivity index (χ3n) is 3.15. The molecule has 0 radical (unpaired) electrons. The molecular formula is C16H20N2O2S. The number of ether oxygens (including phenoxy) is 2. The molecule has 2 aromatic rings. The first-order chi connectivity index (χ1) is 10.3. The summed E-state index contributed by atoms with van der Waals surface area (Å²) in [5, 5.41) is 3.43. The van der Waals surface area contributed by atoms with Crippen LogP contribution in [0.2, 0.25) is 0 Å². The van der Waals surface area contributed by atoms with Crippen molar-refractivity contribution in [2.45, 2.75) is 18.0 Å². The van der Waals surface area contributed by atoms with Crippen LogP contribution in [0, 0.1) is 0 Å². The van der Waals surface area contributed by atoms with Gasteiger partial charge in [0, 0.05) is 30.4 Å². The molecule has 2 rings (SSSR count). The molecule has 0 amide bonds. The van der Waals surface area contributed by atoms with E-state index in [9.17, 15) is 0 Å². The highest BCUT2D eigenvalue weighted by atomic mass is 32.2. The molecule has 0 unspecified atom stereocenters. The number of methoxy groups -OCH3 is 2. The molecule has 0 bridgehead atoms. The average molecular weight is 304 g/mol. The van der Waals surface area contributed by atoms with Crippen molar-refractivity contribution >= 4 is 11.8 Å². The Morgan fingerprint density at radius 1 is 1.14 bits per heavy atom. The normalized spacial score (nSPS) is 10.4. The summed E-state index contributed by atoms with van der Waals surface area (Å²) in [7, 11) is 3.31. The van der Waals surface area contributed by atoms with Crippen LogP contribution < -0.4 is 14.8 Å². The number of pyridine rings is 1. The van der Waals surface area contributed by atoms with E-state index >= 15 is 0 Å². The molecule has 1 N–H and O–H groups in total. The Kier molecular flexibility index (Phi) is 5.90. The molecule has 0 aliphatic carbocycles. The Morgan fingerprint density at radius 3 is 2.52 bits per heavy atom. The molecule has 0 atom stereocenters. The van der Waals surface area contributed by atoms with Gasteiger partial charge in [-0.3, -0.25) is 4.98 Å². The summed E-state index contributed by atoms with van der Waals surface area (Å²) in [5.41, 5.74) is 2.37. The van der Waals surface area contributed by atoms with Gasteiger partial charge in [0.1, 0.15) is 0 Å². The largest absolute Gasteiger partial charge is 0.493 e. The van der Waals surface area contributed by atoms with E-state index in [-0.39, 0.29) is 0 Å². The van der Waals surface area contributed by atoms with E-state index in [0.29, 0.717) is 0 Å². The third kappa shape index (κ3) is 4.12. The molecule has 0 saturated heterocycles. The lowest BCUT2D eigenvalue weighted by Gasteiger charge is -2.14. The van der Waals surface area contributed by atoms with Crippen molar-refractivity contribution in [2.75, 3.05) is 20.5 Å². The van der Waals surface area contributed by atoms with Gasteiger partial charge in [-0.2, -0.15) is 0 Å². The van der Waals surface area contributed by atoms with Crippen molar-refractivity contribution in [3.05, 3.63) is 47.8 Å². The predicted molar refractivity (Wildman–Crippen MR) is 86.1 cm³/mol. The van der Waals surface area contributed by atoms with Gasteiger partial charge in [0.25, 0.3) is 0 Å². The van der Waals surface area contributed by atoms with Gasteiger partial charge in [0.15, 0.2) is 11.5 Å². The van der Waals surface area contributed by atoms with Crippen LogP contribution in [-0.4, -0.2) is 25.5 Å². The molecule has 0 aliphatic rings. The first-order valence-corrected chi connectivity index (χ1v) is 7.89. The van der Waals surface area contributed by atoms with Crippen LogP contribution in [0.5, 0.6) is 11.5 Å².